The van der Waals surface area contributed by atoms with Gasteiger partial charge >= 0.3 is 0 Å². The number of nitrogen functional groups attached to an aromatic ring is 1. The first-order valence-electron chi connectivity index (χ1n) is 8.47. The van der Waals surface area contributed by atoms with Gasteiger partial charge in [-0.3, -0.25) is 4.79 Å². The van der Waals surface area contributed by atoms with Crippen LogP contribution < -0.4 is 15.8 Å². The van der Waals surface area contributed by atoms with Crippen molar-refractivity contribution in [3.63, 3.8) is 0 Å². The fourth-order valence-electron chi connectivity index (χ4n) is 2.14. The second-order valence-corrected chi connectivity index (χ2v) is 6.14. The molecule has 2 heterocycles. The largest absolute Gasteiger partial charge is 0.471 e. The number of rotatable bonds is 6. The summed E-state index contributed by atoms with van der Waals surface area (Å²) in [5, 5.41) is 2.82. The SMILES string of the molecule is CC=O.Cc1cc(C(C)NC(=O)c2ccc(OCC(C)(F)F)nc2)cc(N)n1.[HH].[HH]. The molecule has 1 amide bonds. The Bertz CT molecular complexity index is 783. The number of nitrogens with two attached hydrogens (primary N) is 1. The summed E-state index contributed by atoms with van der Waals surface area (Å²) in [4.78, 5) is 29.0. The highest BCUT2D eigenvalue weighted by Gasteiger charge is 2.22. The van der Waals surface area contributed by atoms with E-state index >= 15 is 0 Å². The number of halogens is 2. The average Bonchev–Trinajstić information content (AvgIpc) is 2.59. The molecule has 0 radical (unpaired) electrons. The monoisotopic (exact) mass is 398 g/mol. The number of nitrogens with one attached hydrogen (secondary N) is 1. The van der Waals surface area contributed by atoms with Gasteiger partial charge in [0.15, 0.2) is 6.61 Å². The third-order valence-electron chi connectivity index (χ3n) is 3.32. The molecule has 156 valence electrons. The molecule has 2 rings (SSSR count). The number of nitrogens with zero attached hydrogens (tertiary/aromatic N) is 2. The number of hydrogen-bond acceptors (Lipinski definition) is 6. The summed E-state index contributed by atoms with van der Waals surface area (Å²) in [6, 6.07) is 6.08. The Kier molecular flexibility index (Phi) is 8.43. The lowest BCUT2D eigenvalue weighted by Gasteiger charge is -2.15. The predicted molar refractivity (Wildman–Crippen MR) is 106 cm³/mol. The van der Waals surface area contributed by atoms with Crippen LogP contribution in [0.25, 0.3) is 0 Å². The Hall–Kier alpha value is -3.10. The van der Waals surface area contributed by atoms with Crippen molar-refractivity contribution < 1.29 is 26.0 Å². The Balaban J connectivity index is 0. The number of aromatic nitrogens is 2. The van der Waals surface area contributed by atoms with E-state index in [9.17, 15) is 13.6 Å². The van der Waals surface area contributed by atoms with Crippen molar-refractivity contribution >= 4 is 18.0 Å². The number of hydrogen-bond donors (Lipinski definition) is 2. The van der Waals surface area contributed by atoms with Crippen LogP contribution in [0.1, 0.15) is 51.3 Å². The summed E-state index contributed by atoms with van der Waals surface area (Å²) >= 11 is 0. The quantitative estimate of drug-likeness (QED) is 0.720. The van der Waals surface area contributed by atoms with Gasteiger partial charge in [0.2, 0.25) is 5.88 Å². The van der Waals surface area contributed by atoms with E-state index in [1.807, 2.05) is 19.9 Å². The van der Waals surface area contributed by atoms with Gasteiger partial charge in [-0.15, -0.1) is 0 Å². The first kappa shape index (κ1) is 22.9. The maximum Gasteiger partial charge on any atom is 0.278 e. The normalized spacial score (nSPS) is 11.6. The fourth-order valence-corrected chi connectivity index (χ4v) is 2.14. The lowest BCUT2D eigenvalue weighted by molar-refractivity contribution is -0.106. The first-order chi connectivity index (χ1) is 13.1. The second kappa shape index (κ2) is 10.3. The van der Waals surface area contributed by atoms with Gasteiger partial charge in [0, 0.05) is 27.7 Å². The minimum Gasteiger partial charge on any atom is -0.471 e. The Morgan fingerprint density at radius 3 is 2.57 bits per heavy atom. The van der Waals surface area contributed by atoms with Gasteiger partial charge in [0.25, 0.3) is 11.8 Å². The smallest absolute Gasteiger partial charge is 0.278 e. The zero-order valence-electron chi connectivity index (χ0n) is 16.2. The first-order valence-corrected chi connectivity index (χ1v) is 8.47. The molecule has 0 fully saturated rings. The van der Waals surface area contributed by atoms with Crippen LogP contribution in [0.2, 0.25) is 0 Å². The van der Waals surface area contributed by atoms with Crippen LogP contribution in [0.3, 0.4) is 0 Å². The van der Waals surface area contributed by atoms with Crippen LogP contribution in [-0.4, -0.2) is 34.7 Å². The highest BCUT2D eigenvalue weighted by Crippen LogP contribution is 2.18. The number of anilines is 1. The minimum absolute atomic E-state index is 0. The molecule has 0 saturated carbocycles. The minimum atomic E-state index is -2.95. The zero-order chi connectivity index (χ0) is 21.3. The molecule has 0 aliphatic heterocycles. The molecule has 2 aromatic heterocycles. The number of ether oxygens (including phenoxy) is 1. The molecule has 0 spiro atoms. The molecule has 28 heavy (non-hydrogen) atoms. The van der Waals surface area contributed by atoms with Gasteiger partial charge in [-0.05, 0) is 44.5 Å². The molecule has 9 heteroatoms. The van der Waals surface area contributed by atoms with E-state index in [0.717, 1.165) is 24.5 Å². The van der Waals surface area contributed by atoms with Crippen molar-refractivity contribution in [3.05, 3.63) is 47.3 Å². The van der Waals surface area contributed by atoms with Crippen molar-refractivity contribution in [1.29, 1.82) is 0 Å². The van der Waals surface area contributed by atoms with E-state index < -0.39 is 12.5 Å². The summed E-state index contributed by atoms with van der Waals surface area (Å²) < 4.78 is 30.4. The number of carbonyl (C=O) groups excluding carboxylic acids is 2. The Morgan fingerprint density at radius 2 is 2.07 bits per heavy atom. The van der Waals surface area contributed by atoms with Gasteiger partial charge in [0.05, 0.1) is 11.6 Å². The molecule has 0 saturated heterocycles. The molecule has 0 bridgehead atoms. The van der Waals surface area contributed by atoms with Crippen LogP contribution in [0.15, 0.2) is 30.5 Å². The van der Waals surface area contributed by atoms with E-state index in [0.29, 0.717) is 11.4 Å². The summed E-state index contributed by atoms with van der Waals surface area (Å²) in [6.45, 7) is 5.06. The molecule has 1 unspecified atom stereocenters. The molecular formula is C19H28F2N4O3. The molecule has 1 atom stereocenters. The number of carbonyl (C=O) groups is 2. The Morgan fingerprint density at radius 1 is 1.43 bits per heavy atom. The molecule has 7 nitrogen and oxygen atoms in total. The lowest BCUT2D eigenvalue weighted by Crippen LogP contribution is -2.27. The average molecular weight is 398 g/mol. The number of aldehydes is 1. The summed E-state index contributed by atoms with van der Waals surface area (Å²) in [5.41, 5.74) is 7.59. The van der Waals surface area contributed by atoms with Gasteiger partial charge in [-0.2, -0.15) is 0 Å². The van der Waals surface area contributed by atoms with Crippen LogP contribution in [0.5, 0.6) is 5.88 Å². The maximum atomic E-state index is 12.7. The molecule has 3 N–H and O–H groups in total. The van der Waals surface area contributed by atoms with E-state index in [1.165, 1.54) is 25.3 Å². The van der Waals surface area contributed by atoms with E-state index in [2.05, 4.69) is 15.3 Å². The van der Waals surface area contributed by atoms with Crippen molar-refractivity contribution in [3.8, 4) is 5.88 Å². The third-order valence-corrected chi connectivity index (χ3v) is 3.32. The van der Waals surface area contributed by atoms with Crippen LogP contribution in [0, 0.1) is 6.92 Å². The van der Waals surface area contributed by atoms with E-state index in [4.69, 9.17) is 15.3 Å². The molecular weight excluding hydrogens is 370 g/mol. The van der Waals surface area contributed by atoms with Crippen molar-refractivity contribution in [2.45, 2.75) is 39.7 Å². The summed E-state index contributed by atoms with van der Waals surface area (Å²) in [6.07, 6.45) is 2.03. The lowest BCUT2D eigenvalue weighted by atomic mass is 10.1. The van der Waals surface area contributed by atoms with E-state index in [1.54, 1.807) is 6.07 Å². The summed E-state index contributed by atoms with van der Waals surface area (Å²) in [5.74, 6) is -2.88. The zero-order valence-corrected chi connectivity index (χ0v) is 16.2. The number of alkyl halides is 2. The van der Waals surface area contributed by atoms with Crippen molar-refractivity contribution in [1.82, 2.24) is 15.3 Å². The molecule has 0 aliphatic carbocycles. The Labute approximate surface area is 165 Å². The van der Waals surface area contributed by atoms with Crippen LogP contribution in [0.4, 0.5) is 14.6 Å². The number of aryl methyl sites for hydroxylation is 1. The fraction of sp³-hybridized carbons (Fsp3) is 0.368. The van der Waals surface area contributed by atoms with Crippen molar-refractivity contribution in [2.24, 2.45) is 0 Å². The highest BCUT2D eigenvalue weighted by atomic mass is 19.3. The summed E-state index contributed by atoms with van der Waals surface area (Å²) in [7, 11) is 0. The number of pyridine rings is 2. The standard InChI is InChI=1S/C17H20F2N4O2.C2H4O.2H2/c1-10-6-13(7-14(20)22-10)11(2)23-16(24)12-4-5-15(21-8-12)25-9-17(3,18)19;1-2-3;;/h4-8,11H,9H2,1-3H3,(H2,20,22)(H,23,24);2H,1H3;2*1H. The third kappa shape index (κ3) is 8.07. The topological polar surface area (TPSA) is 107 Å². The van der Waals surface area contributed by atoms with Crippen LogP contribution >= 0.6 is 0 Å². The highest BCUT2D eigenvalue weighted by molar-refractivity contribution is 5.94. The molecule has 2 aromatic rings. The van der Waals surface area contributed by atoms with Gasteiger partial charge in [0.1, 0.15) is 12.1 Å². The van der Waals surface area contributed by atoms with E-state index in [-0.39, 0.29) is 20.7 Å². The van der Waals surface area contributed by atoms with Gasteiger partial charge in [-0.25, -0.2) is 18.7 Å². The van der Waals surface area contributed by atoms with Crippen LogP contribution in [-0.2, 0) is 4.79 Å². The second-order valence-electron chi connectivity index (χ2n) is 6.14. The number of amides is 1. The predicted octanol–water partition coefficient (Wildman–Crippen LogP) is 3.59. The van der Waals surface area contributed by atoms with Gasteiger partial charge < -0.3 is 20.6 Å². The molecule has 0 aromatic carbocycles. The maximum absolute atomic E-state index is 12.7. The molecule has 0 aliphatic rings. The van der Waals surface area contributed by atoms with Crippen molar-refractivity contribution in [2.75, 3.05) is 12.3 Å². The van der Waals surface area contributed by atoms with Gasteiger partial charge in [-0.1, -0.05) is 0 Å².